The molecule has 0 bridgehead atoms. The number of hydrogen-bond acceptors (Lipinski definition) is 5. The normalized spacial score (nSPS) is 14.7. The molecule has 144 valence electrons. The van der Waals surface area contributed by atoms with Gasteiger partial charge in [0.25, 0.3) is 5.91 Å². The maximum atomic E-state index is 12.8. The molecule has 2 heterocycles. The Morgan fingerprint density at radius 1 is 1.15 bits per heavy atom. The van der Waals surface area contributed by atoms with Crippen molar-refractivity contribution in [3.8, 4) is 0 Å². The number of carbonyl (C=O) groups is 1. The number of piperazine rings is 1. The second-order valence-electron chi connectivity index (χ2n) is 7.19. The lowest BCUT2D eigenvalue weighted by Crippen LogP contribution is -2.49. The number of amides is 1. The summed E-state index contributed by atoms with van der Waals surface area (Å²) < 4.78 is 1.55. The van der Waals surface area contributed by atoms with Crippen LogP contribution in [-0.4, -0.2) is 51.7 Å². The number of hydrogen-bond donors (Lipinski definition) is 0. The predicted molar refractivity (Wildman–Crippen MR) is 103 cm³/mol. The van der Waals surface area contributed by atoms with Gasteiger partial charge in [0.05, 0.1) is 4.92 Å². The van der Waals surface area contributed by atoms with Gasteiger partial charge in [-0.15, -0.1) is 0 Å². The van der Waals surface area contributed by atoms with E-state index in [4.69, 9.17) is 0 Å². The fourth-order valence-corrected chi connectivity index (χ4v) is 3.52. The minimum Gasteiger partial charge on any atom is -0.348 e. The fraction of sp³-hybridized carbons (Fsp3) is 0.474. The van der Waals surface area contributed by atoms with E-state index in [0.717, 1.165) is 0 Å². The molecule has 0 atom stereocenters. The summed E-state index contributed by atoms with van der Waals surface area (Å²) in [7, 11) is 1.71. The highest BCUT2D eigenvalue weighted by molar-refractivity contribution is 5.94. The summed E-state index contributed by atoms with van der Waals surface area (Å²) in [6.45, 7) is 8.00. The van der Waals surface area contributed by atoms with Gasteiger partial charge < -0.3 is 9.80 Å². The molecule has 8 nitrogen and oxygen atoms in total. The lowest BCUT2D eigenvalue weighted by atomic mass is 10.0. The third-order valence-electron chi connectivity index (χ3n) is 5.03. The molecule has 0 N–H and O–H groups in total. The van der Waals surface area contributed by atoms with Gasteiger partial charge in [0.15, 0.2) is 0 Å². The van der Waals surface area contributed by atoms with E-state index in [9.17, 15) is 14.9 Å². The van der Waals surface area contributed by atoms with Gasteiger partial charge in [0.1, 0.15) is 5.69 Å². The molecule has 1 aromatic heterocycles. The highest BCUT2D eigenvalue weighted by Crippen LogP contribution is 2.31. The van der Waals surface area contributed by atoms with Crippen LogP contribution in [0.3, 0.4) is 0 Å². The van der Waals surface area contributed by atoms with Crippen LogP contribution in [0.25, 0.3) is 0 Å². The first-order chi connectivity index (χ1) is 12.8. The quantitative estimate of drug-likeness (QED) is 0.609. The Morgan fingerprint density at radius 3 is 2.26 bits per heavy atom. The maximum Gasteiger partial charge on any atom is 0.333 e. The van der Waals surface area contributed by atoms with Gasteiger partial charge in [-0.2, -0.15) is 5.10 Å². The first kappa shape index (κ1) is 18.9. The van der Waals surface area contributed by atoms with Crippen LogP contribution in [-0.2, 0) is 7.05 Å². The van der Waals surface area contributed by atoms with Crippen molar-refractivity contribution in [1.82, 2.24) is 14.7 Å². The zero-order valence-electron chi connectivity index (χ0n) is 16.2. The standard InChI is InChI=1S/C19H25N5O3/c1-13(2)15-5-7-16(8-6-15)19(25)23-11-9-22(10-12-23)18-17(24(26)27)14(3)20-21(18)4/h5-8,13H,9-12H2,1-4H3. The Labute approximate surface area is 158 Å². The molecule has 1 aliphatic heterocycles. The van der Waals surface area contributed by atoms with Crippen molar-refractivity contribution >= 4 is 17.4 Å². The van der Waals surface area contributed by atoms with Crippen molar-refractivity contribution < 1.29 is 9.72 Å². The number of carbonyl (C=O) groups excluding carboxylic acids is 1. The SMILES string of the molecule is Cc1nn(C)c(N2CCN(C(=O)c3ccc(C(C)C)cc3)CC2)c1[N+](=O)[O-]. The minimum absolute atomic E-state index is 0.000595. The Hall–Kier alpha value is -2.90. The Bertz CT molecular complexity index is 849. The van der Waals surface area contributed by atoms with Crippen LogP contribution < -0.4 is 4.90 Å². The highest BCUT2D eigenvalue weighted by Gasteiger charge is 2.31. The number of anilines is 1. The molecule has 1 amide bonds. The second-order valence-corrected chi connectivity index (χ2v) is 7.19. The third-order valence-corrected chi connectivity index (χ3v) is 5.03. The molecule has 1 fully saturated rings. The van der Waals surface area contributed by atoms with Crippen LogP contribution >= 0.6 is 0 Å². The molecular formula is C19H25N5O3. The lowest BCUT2D eigenvalue weighted by molar-refractivity contribution is -0.384. The number of benzene rings is 1. The van der Waals surface area contributed by atoms with Crippen LogP contribution in [0.2, 0.25) is 0 Å². The zero-order chi connectivity index (χ0) is 19.7. The summed E-state index contributed by atoms with van der Waals surface area (Å²) in [4.78, 5) is 27.5. The molecular weight excluding hydrogens is 346 g/mol. The summed E-state index contributed by atoms with van der Waals surface area (Å²) in [6, 6.07) is 7.74. The van der Waals surface area contributed by atoms with Crippen LogP contribution in [0, 0.1) is 17.0 Å². The van der Waals surface area contributed by atoms with Gasteiger partial charge in [0, 0.05) is 38.8 Å². The summed E-state index contributed by atoms with van der Waals surface area (Å²) >= 11 is 0. The van der Waals surface area contributed by atoms with E-state index in [-0.39, 0.29) is 16.5 Å². The minimum atomic E-state index is -0.383. The topological polar surface area (TPSA) is 84.5 Å². The summed E-state index contributed by atoms with van der Waals surface area (Å²) in [6.07, 6.45) is 0. The van der Waals surface area contributed by atoms with Crippen molar-refractivity contribution in [2.75, 3.05) is 31.1 Å². The van der Waals surface area contributed by atoms with Gasteiger partial charge in [-0.1, -0.05) is 26.0 Å². The van der Waals surface area contributed by atoms with E-state index in [1.54, 1.807) is 23.6 Å². The third kappa shape index (κ3) is 3.65. The zero-order valence-corrected chi connectivity index (χ0v) is 16.2. The molecule has 0 spiro atoms. The van der Waals surface area contributed by atoms with Crippen molar-refractivity contribution in [2.45, 2.75) is 26.7 Å². The molecule has 27 heavy (non-hydrogen) atoms. The van der Waals surface area contributed by atoms with Crippen molar-refractivity contribution in [3.05, 3.63) is 51.2 Å². The maximum absolute atomic E-state index is 12.8. The van der Waals surface area contributed by atoms with Gasteiger partial charge in [-0.3, -0.25) is 14.9 Å². The average Bonchev–Trinajstić information content (AvgIpc) is 2.95. The van der Waals surface area contributed by atoms with E-state index in [1.807, 2.05) is 29.2 Å². The molecule has 0 radical (unpaired) electrons. The van der Waals surface area contributed by atoms with E-state index in [2.05, 4.69) is 18.9 Å². The van der Waals surface area contributed by atoms with Gasteiger partial charge in [0.2, 0.25) is 5.82 Å². The summed E-state index contributed by atoms with van der Waals surface area (Å²) in [5.74, 6) is 0.933. The Kier molecular flexibility index (Phi) is 5.16. The van der Waals surface area contributed by atoms with Crippen LogP contribution in [0.4, 0.5) is 11.5 Å². The number of aromatic nitrogens is 2. The molecule has 1 aromatic carbocycles. The summed E-state index contributed by atoms with van der Waals surface area (Å²) in [5.41, 5.74) is 2.33. The number of nitrogens with zero attached hydrogens (tertiary/aromatic N) is 5. The smallest absolute Gasteiger partial charge is 0.333 e. The summed E-state index contributed by atoms with van der Waals surface area (Å²) in [5, 5.41) is 15.6. The largest absolute Gasteiger partial charge is 0.348 e. The van der Waals surface area contributed by atoms with Crippen LogP contribution in [0.15, 0.2) is 24.3 Å². The molecule has 1 aliphatic rings. The molecule has 2 aromatic rings. The fourth-order valence-electron chi connectivity index (χ4n) is 3.52. The first-order valence-electron chi connectivity index (χ1n) is 9.11. The second kappa shape index (κ2) is 7.38. The molecule has 0 aliphatic carbocycles. The van der Waals surface area contributed by atoms with E-state index < -0.39 is 0 Å². The monoisotopic (exact) mass is 371 g/mol. The Balaban J connectivity index is 1.70. The van der Waals surface area contributed by atoms with Gasteiger partial charge in [-0.05, 0) is 30.5 Å². The highest BCUT2D eigenvalue weighted by atomic mass is 16.6. The number of nitro groups is 1. The predicted octanol–water partition coefficient (Wildman–Crippen LogP) is 2.72. The van der Waals surface area contributed by atoms with Crippen LogP contribution in [0.1, 0.15) is 41.4 Å². The van der Waals surface area contributed by atoms with E-state index in [0.29, 0.717) is 49.2 Å². The van der Waals surface area contributed by atoms with Crippen molar-refractivity contribution in [2.24, 2.45) is 7.05 Å². The number of aryl methyl sites for hydroxylation is 2. The van der Waals surface area contributed by atoms with E-state index >= 15 is 0 Å². The molecule has 3 rings (SSSR count). The Morgan fingerprint density at radius 2 is 1.74 bits per heavy atom. The average molecular weight is 371 g/mol. The van der Waals surface area contributed by atoms with E-state index in [1.165, 1.54) is 5.56 Å². The van der Waals surface area contributed by atoms with Crippen molar-refractivity contribution in [1.29, 1.82) is 0 Å². The molecule has 0 saturated carbocycles. The molecule has 1 saturated heterocycles. The van der Waals surface area contributed by atoms with Crippen molar-refractivity contribution in [3.63, 3.8) is 0 Å². The lowest BCUT2D eigenvalue weighted by Gasteiger charge is -2.35. The first-order valence-corrected chi connectivity index (χ1v) is 9.11. The molecule has 8 heteroatoms. The molecule has 0 unspecified atom stereocenters. The van der Waals surface area contributed by atoms with Crippen LogP contribution in [0.5, 0.6) is 0 Å². The van der Waals surface area contributed by atoms with Gasteiger partial charge in [-0.25, -0.2) is 4.68 Å². The van der Waals surface area contributed by atoms with Gasteiger partial charge >= 0.3 is 5.69 Å². The number of rotatable bonds is 4.